The molecule has 0 aliphatic carbocycles. The Hall–Kier alpha value is -1.42. The normalized spacial score (nSPS) is 10.8. The molecule has 1 aromatic heterocycles. The summed E-state index contributed by atoms with van der Waals surface area (Å²) in [6.45, 7) is 0.722. The fraction of sp³-hybridized carbons (Fsp3) is 0.300. The average molecular weight is 196 g/mol. The molecule has 0 spiro atoms. The largest absolute Gasteiger partial charge is 0.481 e. The second kappa shape index (κ2) is 5.34. The Morgan fingerprint density at radius 3 is 3.07 bits per heavy atom. The first kappa shape index (κ1) is 10.7. The molecule has 0 saturated heterocycles. The smallest absolute Gasteiger partial charge is 0.220 e. The third-order valence-electron chi connectivity index (χ3n) is 1.66. The Kier molecular flexibility index (Phi) is 4.07. The Morgan fingerprint density at radius 2 is 2.43 bits per heavy atom. The van der Waals surface area contributed by atoms with E-state index in [0.717, 1.165) is 12.7 Å². The van der Waals surface area contributed by atoms with Gasteiger partial charge in [0.15, 0.2) is 0 Å². The van der Waals surface area contributed by atoms with E-state index >= 15 is 0 Å². The average Bonchev–Trinajstić information content (AvgIpc) is 2.19. The summed E-state index contributed by atoms with van der Waals surface area (Å²) in [4.78, 5) is 3.81. The molecule has 76 valence electrons. The van der Waals surface area contributed by atoms with Crippen molar-refractivity contribution in [3.05, 3.63) is 29.7 Å². The minimum atomic E-state index is -0.366. The zero-order valence-electron chi connectivity index (χ0n) is 8.25. The van der Waals surface area contributed by atoms with Crippen molar-refractivity contribution < 1.29 is 9.13 Å². The van der Waals surface area contributed by atoms with E-state index in [0.29, 0.717) is 11.4 Å². The Balaban J connectivity index is 2.87. The Labute approximate surface area is 82.6 Å². The molecule has 0 aromatic carbocycles. The molecule has 0 aliphatic heterocycles. The Bertz CT molecular complexity index is 326. The van der Waals surface area contributed by atoms with Crippen LogP contribution in [0.15, 0.2) is 18.3 Å². The first-order valence-corrected chi connectivity index (χ1v) is 4.28. The van der Waals surface area contributed by atoms with Gasteiger partial charge in [0, 0.05) is 12.1 Å². The molecule has 0 amide bonds. The molecule has 0 bridgehead atoms. The van der Waals surface area contributed by atoms with Gasteiger partial charge in [-0.05, 0) is 13.1 Å². The summed E-state index contributed by atoms with van der Waals surface area (Å²) in [7, 11) is 3.35. The van der Waals surface area contributed by atoms with E-state index in [1.165, 1.54) is 13.2 Å². The van der Waals surface area contributed by atoms with E-state index in [4.69, 9.17) is 4.74 Å². The van der Waals surface area contributed by atoms with Gasteiger partial charge < -0.3 is 10.1 Å². The maximum atomic E-state index is 12.8. The molecule has 3 nitrogen and oxygen atoms in total. The molecule has 0 atom stereocenters. The summed E-state index contributed by atoms with van der Waals surface area (Å²) in [5, 5.41) is 2.95. The fourth-order valence-corrected chi connectivity index (χ4v) is 1.04. The lowest BCUT2D eigenvalue weighted by Crippen LogP contribution is -2.03. The van der Waals surface area contributed by atoms with Gasteiger partial charge in [-0.1, -0.05) is 12.2 Å². The van der Waals surface area contributed by atoms with Crippen LogP contribution < -0.4 is 10.1 Å². The van der Waals surface area contributed by atoms with Crippen molar-refractivity contribution in [2.45, 2.75) is 0 Å². The van der Waals surface area contributed by atoms with Crippen molar-refractivity contribution in [2.75, 3.05) is 20.7 Å². The molecule has 14 heavy (non-hydrogen) atoms. The van der Waals surface area contributed by atoms with E-state index in [2.05, 4.69) is 10.3 Å². The monoisotopic (exact) mass is 196 g/mol. The van der Waals surface area contributed by atoms with Gasteiger partial charge in [-0.2, -0.15) is 0 Å². The van der Waals surface area contributed by atoms with Gasteiger partial charge in [0.05, 0.1) is 13.3 Å². The number of nitrogens with one attached hydrogen (secondary N) is 1. The van der Waals surface area contributed by atoms with Crippen molar-refractivity contribution in [2.24, 2.45) is 0 Å². The summed E-state index contributed by atoms with van der Waals surface area (Å²) >= 11 is 0. The number of pyridine rings is 1. The number of halogens is 1. The number of rotatable bonds is 4. The SMILES string of the molecule is CNCC=Cc1cc(F)cnc1OC. The molecular formula is C10H13FN2O. The molecule has 4 heteroatoms. The molecule has 0 saturated carbocycles. The highest BCUT2D eigenvalue weighted by Gasteiger charge is 2.01. The number of likely N-dealkylation sites (N-methyl/N-ethyl adjacent to an activating group) is 1. The van der Waals surface area contributed by atoms with Crippen LogP contribution in [0.1, 0.15) is 5.56 Å². The first-order valence-electron chi connectivity index (χ1n) is 4.28. The lowest BCUT2D eigenvalue weighted by molar-refractivity contribution is 0.394. The highest BCUT2D eigenvalue weighted by Crippen LogP contribution is 2.16. The Morgan fingerprint density at radius 1 is 1.64 bits per heavy atom. The highest BCUT2D eigenvalue weighted by molar-refractivity contribution is 5.54. The molecule has 1 rings (SSSR count). The summed E-state index contributed by atoms with van der Waals surface area (Å²) in [5.74, 6) is 0.0636. The number of ether oxygens (including phenoxy) is 1. The molecule has 1 heterocycles. The summed E-state index contributed by atoms with van der Waals surface area (Å²) in [6, 6.07) is 1.39. The van der Waals surface area contributed by atoms with Gasteiger partial charge in [0.2, 0.25) is 5.88 Å². The maximum Gasteiger partial charge on any atom is 0.220 e. The minimum Gasteiger partial charge on any atom is -0.481 e. The molecule has 0 aliphatic rings. The van der Waals surface area contributed by atoms with Gasteiger partial charge in [-0.15, -0.1) is 0 Å². The van der Waals surface area contributed by atoms with Crippen molar-refractivity contribution in [1.82, 2.24) is 10.3 Å². The van der Waals surface area contributed by atoms with Crippen molar-refractivity contribution >= 4 is 6.08 Å². The number of aromatic nitrogens is 1. The number of hydrogen-bond donors (Lipinski definition) is 1. The topological polar surface area (TPSA) is 34.2 Å². The van der Waals surface area contributed by atoms with Crippen molar-refractivity contribution in [1.29, 1.82) is 0 Å². The van der Waals surface area contributed by atoms with Crippen LogP contribution in [0.4, 0.5) is 4.39 Å². The van der Waals surface area contributed by atoms with Gasteiger partial charge in [-0.25, -0.2) is 9.37 Å². The lowest BCUT2D eigenvalue weighted by atomic mass is 10.2. The predicted octanol–water partition coefficient (Wildman–Crippen LogP) is 1.46. The van der Waals surface area contributed by atoms with Gasteiger partial charge in [0.25, 0.3) is 0 Å². The van der Waals surface area contributed by atoms with E-state index in [1.807, 2.05) is 13.1 Å². The van der Waals surface area contributed by atoms with Gasteiger partial charge >= 0.3 is 0 Å². The van der Waals surface area contributed by atoms with Crippen LogP contribution in [0, 0.1) is 5.82 Å². The zero-order chi connectivity index (χ0) is 10.4. The van der Waals surface area contributed by atoms with Crippen LogP contribution in [0.25, 0.3) is 6.08 Å². The number of hydrogen-bond acceptors (Lipinski definition) is 3. The van der Waals surface area contributed by atoms with E-state index < -0.39 is 0 Å². The molecule has 0 fully saturated rings. The second-order valence-electron chi connectivity index (χ2n) is 2.71. The first-order chi connectivity index (χ1) is 6.77. The van der Waals surface area contributed by atoms with E-state index in [9.17, 15) is 4.39 Å². The molecular weight excluding hydrogens is 183 g/mol. The summed E-state index contributed by atoms with van der Waals surface area (Å²) < 4.78 is 17.8. The molecule has 0 radical (unpaired) electrons. The maximum absolute atomic E-state index is 12.8. The van der Waals surface area contributed by atoms with Gasteiger partial charge in [-0.3, -0.25) is 0 Å². The van der Waals surface area contributed by atoms with E-state index in [1.54, 1.807) is 6.08 Å². The summed E-state index contributed by atoms with van der Waals surface area (Å²) in [5.41, 5.74) is 0.641. The lowest BCUT2D eigenvalue weighted by Gasteiger charge is -2.02. The summed E-state index contributed by atoms with van der Waals surface area (Å²) in [6.07, 6.45) is 4.78. The van der Waals surface area contributed by atoms with Crippen molar-refractivity contribution in [3.8, 4) is 5.88 Å². The van der Waals surface area contributed by atoms with Crippen molar-refractivity contribution in [3.63, 3.8) is 0 Å². The van der Waals surface area contributed by atoms with Crippen LogP contribution in [0.5, 0.6) is 5.88 Å². The second-order valence-corrected chi connectivity index (χ2v) is 2.71. The third-order valence-corrected chi connectivity index (χ3v) is 1.66. The molecule has 1 N–H and O–H groups in total. The fourth-order valence-electron chi connectivity index (χ4n) is 1.04. The minimum absolute atomic E-state index is 0.366. The quantitative estimate of drug-likeness (QED) is 0.791. The highest BCUT2D eigenvalue weighted by atomic mass is 19.1. The standard InChI is InChI=1S/C10H13FN2O/c1-12-5-3-4-8-6-9(11)7-13-10(8)14-2/h3-4,6-7,12H,5H2,1-2H3. The molecule has 1 aromatic rings. The van der Waals surface area contributed by atoms with Gasteiger partial charge in [0.1, 0.15) is 5.82 Å². The number of nitrogens with zero attached hydrogens (tertiary/aromatic N) is 1. The third kappa shape index (κ3) is 2.81. The number of methoxy groups -OCH3 is 1. The van der Waals surface area contributed by atoms with Crippen LogP contribution in [0.3, 0.4) is 0 Å². The van der Waals surface area contributed by atoms with Crippen LogP contribution >= 0.6 is 0 Å². The van der Waals surface area contributed by atoms with Crippen LogP contribution in [0.2, 0.25) is 0 Å². The van der Waals surface area contributed by atoms with Crippen LogP contribution in [-0.4, -0.2) is 25.7 Å². The van der Waals surface area contributed by atoms with E-state index in [-0.39, 0.29) is 5.82 Å². The van der Waals surface area contributed by atoms with Crippen LogP contribution in [-0.2, 0) is 0 Å². The zero-order valence-corrected chi connectivity index (χ0v) is 8.25. The predicted molar refractivity (Wildman–Crippen MR) is 53.7 cm³/mol. The molecule has 0 unspecified atom stereocenters.